The Balaban J connectivity index is 1.47. The quantitative estimate of drug-likeness (QED) is 0.415. The van der Waals surface area contributed by atoms with Crippen molar-refractivity contribution >= 4 is 63.9 Å². The zero-order valence-corrected chi connectivity index (χ0v) is 19.8. The second-order valence-corrected chi connectivity index (χ2v) is 10.3. The van der Waals surface area contributed by atoms with E-state index in [0.717, 1.165) is 6.07 Å². The van der Waals surface area contributed by atoms with Gasteiger partial charge in [-0.1, -0.05) is 23.2 Å². The Kier molecular flexibility index (Phi) is 6.80. The molecule has 2 N–H and O–H groups in total. The van der Waals surface area contributed by atoms with Gasteiger partial charge in [0.1, 0.15) is 10.7 Å². The zero-order valence-electron chi connectivity index (χ0n) is 16.7. The molecular formula is C22H17Cl4F3N2O2. The molecule has 2 aliphatic rings. The fraction of sp³-hybridized carbons (Fsp3) is 0.364. The Morgan fingerprint density at radius 3 is 2.36 bits per heavy atom. The van der Waals surface area contributed by atoms with E-state index in [1.165, 1.54) is 24.3 Å². The van der Waals surface area contributed by atoms with E-state index in [2.05, 4.69) is 10.6 Å². The normalized spacial score (nSPS) is 23.7. The number of alkyl halides is 4. The van der Waals surface area contributed by atoms with Crippen LogP contribution >= 0.6 is 46.4 Å². The summed E-state index contributed by atoms with van der Waals surface area (Å²) in [5.74, 6) is -5.90. The summed E-state index contributed by atoms with van der Waals surface area (Å²) in [4.78, 5) is 24.5. The molecule has 33 heavy (non-hydrogen) atoms. The van der Waals surface area contributed by atoms with Crippen LogP contribution in [-0.4, -0.2) is 28.6 Å². The first kappa shape index (κ1) is 24.5. The smallest absolute Gasteiger partial charge is 0.253 e. The van der Waals surface area contributed by atoms with Gasteiger partial charge in [0.15, 0.2) is 0 Å². The van der Waals surface area contributed by atoms with Crippen molar-refractivity contribution in [3.05, 3.63) is 63.4 Å². The average molecular weight is 540 g/mol. The number of carbonyl (C=O) groups is 2. The zero-order chi connectivity index (χ0) is 24.1. The van der Waals surface area contributed by atoms with E-state index in [1.807, 2.05) is 0 Å². The number of hydrogen-bond donors (Lipinski definition) is 2. The van der Waals surface area contributed by atoms with Crippen LogP contribution in [0.15, 0.2) is 36.4 Å². The van der Waals surface area contributed by atoms with Crippen LogP contribution in [0.25, 0.3) is 0 Å². The average Bonchev–Trinajstić information content (AvgIpc) is 3.43. The van der Waals surface area contributed by atoms with Gasteiger partial charge in [-0.3, -0.25) is 9.59 Å². The molecule has 0 spiro atoms. The third-order valence-corrected chi connectivity index (χ3v) is 6.97. The minimum Gasteiger partial charge on any atom is -0.349 e. The molecule has 3 unspecified atom stereocenters. The SMILES string of the molecule is O=C(NC1CC(F)(F)C1)c1cc(NC(=O)C2C(c3cc(F)cc(Cl)c3)C2C(Cl)Cl)ccc1Cl. The highest BCUT2D eigenvalue weighted by molar-refractivity contribution is 6.45. The maximum Gasteiger partial charge on any atom is 0.253 e. The van der Waals surface area contributed by atoms with E-state index in [4.69, 9.17) is 46.4 Å². The Labute approximate surface area is 207 Å². The molecule has 2 saturated carbocycles. The molecule has 2 amide bonds. The summed E-state index contributed by atoms with van der Waals surface area (Å²) in [6, 6.07) is 7.62. The summed E-state index contributed by atoms with van der Waals surface area (Å²) in [5, 5.41) is 5.49. The molecule has 2 aromatic carbocycles. The number of anilines is 1. The molecule has 0 aromatic heterocycles. The topological polar surface area (TPSA) is 58.2 Å². The standard InChI is InChI=1S/C22H17Cl4F3N2O2/c23-10-3-9(4-11(27)5-10)16-17(19(25)26)18(16)21(33)30-12-1-2-15(24)14(6-12)20(32)31-13-7-22(28,29)8-13/h1-6,13,16-19H,7-8H2,(H,30,33)(H,31,32). The summed E-state index contributed by atoms with van der Waals surface area (Å²) in [6.45, 7) is 0. The lowest BCUT2D eigenvalue weighted by molar-refractivity contribution is -0.117. The van der Waals surface area contributed by atoms with Crippen LogP contribution in [-0.2, 0) is 4.79 Å². The van der Waals surface area contributed by atoms with Crippen molar-refractivity contribution in [3.63, 3.8) is 0 Å². The molecule has 0 aliphatic heterocycles. The molecule has 4 nitrogen and oxygen atoms in total. The number of benzene rings is 2. The number of hydrogen-bond acceptors (Lipinski definition) is 2. The predicted molar refractivity (Wildman–Crippen MR) is 122 cm³/mol. The third-order valence-electron chi connectivity index (χ3n) is 5.84. The molecule has 3 atom stereocenters. The largest absolute Gasteiger partial charge is 0.349 e. The fourth-order valence-corrected chi connectivity index (χ4v) is 5.27. The van der Waals surface area contributed by atoms with Crippen LogP contribution in [0.1, 0.15) is 34.7 Å². The minimum absolute atomic E-state index is 0.0399. The molecule has 0 radical (unpaired) electrons. The van der Waals surface area contributed by atoms with Gasteiger partial charge >= 0.3 is 0 Å². The van der Waals surface area contributed by atoms with E-state index < -0.39 is 65.0 Å². The molecular weight excluding hydrogens is 523 g/mol. The maximum absolute atomic E-state index is 13.8. The Morgan fingerprint density at radius 2 is 1.76 bits per heavy atom. The van der Waals surface area contributed by atoms with Gasteiger partial charge in [0.05, 0.1) is 16.5 Å². The fourth-order valence-electron chi connectivity index (χ4n) is 4.21. The van der Waals surface area contributed by atoms with Gasteiger partial charge in [0.25, 0.3) is 11.8 Å². The van der Waals surface area contributed by atoms with Gasteiger partial charge in [-0.25, -0.2) is 13.2 Å². The van der Waals surface area contributed by atoms with Crippen molar-refractivity contribution in [2.75, 3.05) is 5.32 Å². The molecule has 0 saturated heterocycles. The Bertz CT molecular complexity index is 1090. The van der Waals surface area contributed by atoms with Gasteiger partial charge in [-0.05, 0) is 42.0 Å². The number of rotatable bonds is 6. The van der Waals surface area contributed by atoms with Crippen molar-refractivity contribution in [2.24, 2.45) is 11.8 Å². The van der Waals surface area contributed by atoms with Gasteiger partial charge in [0, 0.05) is 41.4 Å². The van der Waals surface area contributed by atoms with Crippen LogP contribution in [0.4, 0.5) is 18.9 Å². The van der Waals surface area contributed by atoms with Crippen molar-refractivity contribution < 1.29 is 22.8 Å². The Hall–Kier alpha value is -1.67. The molecule has 11 heteroatoms. The van der Waals surface area contributed by atoms with E-state index >= 15 is 0 Å². The van der Waals surface area contributed by atoms with Crippen molar-refractivity contribution in [1.29, 1.82) is 0 Å². The first-order chi connectivity index (χ1) is 15.4. The third kappa shape index (κ3) is 5.37. The van der Waals surface area contributed by atoms with Crippen molar-refractivity contribution in [1.82, 2.24) is 5.32 Å². The van der Waals surface area contributed by atoms with Gasteiger partial charge in [-0.15, -0.1) is 23.2 Å². The lowest BCUT2D eigenvalue weighted by Gasteiger charge is -2.35. The highest BCUT2D eigenvalue weighted by Gasteiger charge is 2.58. The lowest BCUT2D eigenvalue weighted by Crippen LogP contribution is -2.50. The molecule has 2 aliphatic carbocycles. The van der Waals surface area contributed by atoms with E-state index in [1.54, 1.807) is 6.07 Å². The second kappa shape index (κ2) is 9.17. The Morgan fingerprint density at radius 1 is 1.06 bits per heavy atom. The summed E-state index contributed by atoms with van der Waals surface area (Å²) < 4.78 is 39.8. The van der Waals surface area contributed by atoms with Crippen molar-refractivity contribution in [2.45, 2.75) is 35.6 Å². The lowest BCUT2D eigenvalue weighted by atomic mass is 9.88. The van der Waals surface area contributed by atoms with E-state index in [-0.39, 0.29) is 21.3 Å². The second-order valence-electron chi connectivity index (χ2n) is 8.28. The molecule has 176 valence electrons. The van der Waals surface area contributed by atoms with E-state index in [9.17, 15) is 22.8 Å². The molecule has 0 heterocycles. The van der Waals surface area contributed by atoms with Crippen LogP contribution in [0, 0.1) is 17.7 Å². The summed E-state index contributed by atoms with van der Waals surface area (Å²) in [6.07, 6.45) is -0.862. The predicted octanol–water partition coefficient (Wildman–Crippen LogP) is 6.43. The summed E-state index contributed by atoms with van der Waals surface area (Å²) in [7, 11) is 0. The number of halogens is 7. The van der Waals surface area contributed by atoms with Crippen LogP contribution in [0.3, 0.4) is 0 Å². The van der Waals surface area contributed by atoms with Crippen molar-refractivity contribution in [3.8, 4) is 0 Å². The summed E-state index contributed by atoms with van der Waals surface area (Å²) in [5.41, 5.74) is 0.818. The minimum atomic E-state index is -2.77. The number of amides is 2. The maximum atomic E-state index is 13.8. The number of nitrogens with one attached hydrogen (secondary N) is 2. The summed E-state index contributed by atoms with van der Waals surface area (Å²) >= 11 is 24.1. The monoisotopic (exact) mass is 538 g/mol. The van der Waals surface area contributed by atoms with Crippen LogP contribution in [0.5, 0.6) is 0 Å². The van der Waals surface area contributed by atoms with Gasteiger partial charge < -0.3 is 10.6 Å². The first-order valence-electron chi connectivity index (χ1n) is 9.98. The van der Waals surface area contributed by atoms with Gasteiger partial charge in [0.2, 0.25) is 5.91 Å². The van der Waals surface area contributed by atoms with Crippen LogP contribution in [0.2, 0.25) is 10.0 Å². The molecule has 4 rings (SSSR count). The highest BCUT2D eigenvalue weighted by atomic mass is 35.5. The molecule has 2 fully saturated rings. The van der Waals surface area contributed by atoms with Crippen LogP contribution < -0.4 is 10.6 Å². The number of carbonyl (C=O) groups excluding carboxylic acids is 2. The van der Waals surface area contributed by atoms with E-state index in [0.29, 0.717) is 5.56 Å². The van der Waals surface area contributed by atoms with Gasteiger partial charge in [-0.2, -0.15) is 0 Å². The molecule has 0 bridgehead atoms. The highest BCUT2D eigenvalue weighted by Crippen LogP contribution is 2.58. The molecule has 2 aromatic rings. The first-order valence-corrected chi connectivity index (χ1v) is 11.6.